The summed E-state index contributed by atoms with van der Waals surface area (Å²) in [5.74, 6) is 1.55. The van der Waals surface area contributed by atoms with Crippen molar-refractivity contribution in [1.29, 1.82) is 0 Å². The number of carbonyl (C=O) groups excluding carboxylic acids is 1. The molecule has 0 spiro atoms. The van der Waals surface area contributed by atoms with Crippen LogP contribution in [0.2, 0.25) is 0 Å². The number of benzene rings is 2. The van der Waals surface area contributed by atoms with Crippen molar-refractivity contribution < 1.29 is 28.5 Å². The van der Waals surface area contributed by atoms with Gasteiger partial charge in [-0.2, -0.15) is 0 Å². The number of nitrogens with one attached hydrogen (secondary N) is 2. The molecule has 0 unspecified atom stereocenters. The third-order valence-corrected chi connectivity index (χ3v) is 8.95. The molecule has 9 heteroatoms. The molecule has 9 nitrogen and oxygen atoms in total. The van der Waals surface area contributed by atoms with Crippen LogP contribution in [0.5, 0.6) is 5.75 Å². The predicted molar refractivity (Wildman–Crippen MR) is 178 cm³/mol. The summed E-state index contributed by atoms with van der Waals surface area (Å²) in [6, 6.07) is 15.4. The number of hydrogen-bond acceptors (Lipinski definition) is 8. The second-order valence-electron chi connectivity index (χ2n) is 13.3. The fourth-order valence-corrected chi connectivity index (χ4v) is 6.51. The molecule has 2 aliphatic heterocycles. The molecule has 0 radical (unpaired) electrons. The summed E-state index contributed by atoms with van der Waals surface area (Å²) in [7, 11) is 5.18. The molecule has 2 aromatic rings. The monoisotopic (exact) mass is 625 g/mol. The minimum Gasteiger partial charge on any atom is -0.490 e. The van der Waals surface area contributed by atoms with Gasteiger partial charge in [-0.25, -0.2) is 0 Å². The molecule has 2 N–H and O–H groups in total. The number of ether oxygens (including phenoxy) is 5. The summed E-state index contributed by atoms with van der Waals surface area (Å²) < 4.78 is 29.1. The van der Waals surface area contributed by atoms with Gasteiger partial charge in [-0.1, -0.05) is 51.1 Å². The Balaban J connectivity index is 1.45. The Bertz CT molecular complexity index is 1190. The van der Waals surface area contributed by atoms with Gasteiger partial charge in [0.05, 0.1) is 44.8 Å². The van der Waals surface area contributed by atoms with Crippen molar-refractivity contribution in [2.75, 3.05) is 72.2 Å². The highest BCUT2D eigenvalue weighted by Crippen LogP contribution is 2.36. The Morgan fingerprint density at radius 1 is 1.09 bits per heavy atom. The van der Waals surface area contributed by atoms with E-state index in [-0.39, 0.29) is 24.0 Å². The lowest BCUT2D eigenvalue weighted by Gasteiger charge is -2.40. The summed E-state index contributed by atoms with van der Waals surface area (Å²) in [6.45, 7) is 12.6. The molecule has 250 valence electrons. The molecule has 2 heterocycles. The number of nitrogens with zero attached hydrogens (tertiary/aromatic N) is 1. The van der Waals surface area contributed by atoms with Gasteiger partial charge in [0.1, 0.15) is 12.4 Å². The minimum absolute atomic E-state index is 0.00792. The van der Waals surface area contributed by atoms with Crippen LogP contribution in [0, 0.1) is 11.3 Å². The van der Waals surface area contributed by atoms with Crippen molar-refractivity contribution in [3.05, 3.63) is 59.2 Å². The van der Waals surface area contributed by atoms with Crippen LogP contribution in [0.4, 0.5) is 5.69 Å². The molecule has 1 amide bonds. The number of rotatable bonds is 17. The third kappa shape index (κ3) is 10.1. The van der Waals surface area contributed by atoms with E-state index in [2.05, 4.69) is 64.9 Å². The van der Waals surface area contributed by atoms with Gasteiger partial charge >= 0.3 is 0 Å². The number of amides is 1. The fourth-order valence-electron chi connectivity index (χ4n) is 6.51. The van der Waals surface area contributed by atoms with E-state index in [1.54, 1.807) is 21.3 Å². The standard InChI is InChI=1S/C36H55N3O6/c1-26(22-42-6)23-43-24-27-8-11-29(12-9-27)31-19-30(20-36(2,3)35(40)37-4)38-21-34(31)45-25-28-10-13-33-32(18-28)39(15-17-44-33)14-7-16-41-5/h8-13,18,26,30-31,34,38H,7,14-17,19-25H2,1-6H3,(H,37,40)/t26-,30-,31+,34-/m0/s1. The number of fused-ring (bicyclic) bond motifs is 1. The highest BCUT2D eigenvalue weighted by molar-refractivity contribution is 5.81. The van der Waals surface area contributed by atoms with Gasteiger partial charge in [0.15, 0.2) is 0 Å². The first-order valence-electron chi connectivity index (χ1n) is 16.5. The van der Waals surface area contributed by atoms with Gasteiger partial charge in [-0.3, -0.25) is 4.79 Å². The molecule has 4 atom stereocenters. The van der Waals surface area contributed by atoms with Crippen LogP contribution in [0.25, 0.3) is 0 Å². The Morgan fingerprint density at radius 2 is 1.87 bits per heavy atom. The topological polar surface area (TPSA) is 90.5 Å². The molecule has 0 aromatic heterocycles. The lowest BCUT2D eigenvalue weighted by Crippen LogP contribution is -2.50. The van der Waals surface area contributed by atoms with E-state index >= 15 is 0 Å². The van der Waals surface area contributed by atoms with Crippen LogP contribution < -0.4 is 20.3 Å². The van der Waals surface area contributed by atoms with E-state index < -0.39 is 5.41 Å². The molecular formula is C36H55N3O6. The van der Waals surface area contributed by atoms with Crippen molar-refractivity contribution >= 4 is 11.6 Å². The lowest BCUT2D eigenvalue weighted by molar-refractivity contribution is -0.129. The van der Waals surface area contributed by atoms with Crippen LogP contribution in [0.3, 0.4) is 0 Å². The predicted octanol–water partition coefficient (Wildman–Crippen LogP) is 4.91. The Labute approximate surface area is 270 Å². The average Bonchev–Trinajstić information content (AvgIpc) is 3.04. The maximum Gasteiger partial charge on any atom is 0.225 e. The zero-order valence-electron chi connectivity index (χ0n) is 28.2. The minimum atomic E-state index is -0.466. The van der Waals surface area contributed by atoms with Gasteiger partial charge in [0, 0.05) is 64.3 Å². The van der Waals surface area contributed by atoms with Gasteiger partial charge < -0.3 is 39.2 Å². The normalized spacial score (nSPS) is 20.8. The quantitative estimate of drug-likeness (QED) is 0.240. The Kier molecular flexibility index (Phi) is 13.5. The molecule has 2 aliphatic rings. The summed E-state index contributed by atoms with van der Waals surface area (Å²) in [6.07, 6.45) is 2.61. The van der Waals surface area contributed by atoms with Crippen molar-refractivity contribution in [1.82, 2.24) is 10.6 Å². The largest absolute Gasteiger partial charge is 0.490 e. The number of anilines is 1. The maximum atomic E-state index is 12.6. The first-order valence-corrected chi connectivity index (χ1v) is 16.5. The maximum absolute atomic E-state index is 12.6. The first-order chi connectivity index (χ1) is 21.7. The van der Waals surface area contributed by atoms with Crippen molar-refractivity contribution in [3.63, 3.8) is 0 Å². The summed E-state index contributed by atoms with van der Waals surface area (Å²) in [5.41, 5.74) is 4.20. The van der Waals surface area contributed by atoms with Gasteiger partial charge in [-0.15, -0.1) is 0 Å². The van der Waals surface area contributed by atoms with Crippen molar-refractivity contribution in [2.24, 2.45) is 11.3 Å². The average molecular weight is 626 g/mol. The number of piperidine rings is 1. The van der Waals surface area contributed by atoms with Gasteiger partial charge in [0.2, 0.25) is 5.91 Å². The van der Waals surface area contributed by atoms with Crippen molar-refractivity contribution in [3.8, 4) is 5.75 Å². The SMILES string of the molecule is CNC(=O)C(C)(C)C[C@@H]1C[C@H](c2ccc(COC[C@@H](C)COC)cc2)[C@@H](OCc2ccc3c(c2)N(CCCOC)CCO3)CN1. The molecule has 2 aromatic carbocycles. The fraction of sp³-hybridized carbons (Fsp3) is 0.639. The second-order valence-corrected chi connectivity index (χ2v) is 13.3. The Morgan fingerprint density at radius 3 is 2.60 bits per heavy atom. The van der Waals surface area contributed by atoms with Crippen LogP contribution in [0.1, 0.15) is 62.6 Å². The molecule has 4 rings (SSSR count). The number of hydrogen-bond donors (Lipinski definition) is 2. The molecular weight excluding hydrogens is 570 g/mol. The van der Waals surface area contributed by atoms with Crippen LogP contribution in [-0.2, 0) is 37.0 Å². The molecule has 0 aliphatic carbocycles. The molecule has 0 bridgehead atoms. The van der Waals surface area contributed by atoms with E-state index in [9.17, 15) is 4.79 Å². The van der Waals surface area contributed by atoms with Crippen LogP contribution >= 0.6 is 0 Å². The van der Waals surface area contributed by atoms with Gasteiger partial charge in [-0.05, 0) is 48.1 Å². The summed E-state index contributed by atoms with van der Waals surface area (Å²) in [5, 5.41) is 6.54. The van der Waals surface area contributed by atoms with Gasteiger partial charge in [0.25, 0.3) is 0 Å². The zero-order chi connectivity index (χ0) is 32.2. The third-order valence-electron chi connectivity index (χ3n) is 8.95. The molecule has 1 saturated heterocycles. The Hall–Kier alpha value is -2.69. The highest BCUT2D eigenvalue weighted by atomic mass is 16.5. The van der Waals surface area contributed by atoms with E-state index in [0.717, 1.165) is 68.1 Å². The van der Waals surface area contributed by atoms with E-state index in [0.29, 0.717) is 39.0 Å². The van der Waals surface area contributed by atoms with E-state index in [4.69, 9.17) is 23.7 Å². The summed E-state index contributed by atoms with van der Waals surface area (Å²) in [4.78, 5) is 15.0. The van der Waals surface area contributed by atoms with Crippen LogP contribution in [0.15, 0.2) is 42.5 Å². The smallest absolute Gasteiger partial charge is 0.225 e. The highest BCUT2D eigenvalue weighted by Gasteiger charge is 2.37. The van der Waals surface area contributed by atoms with E-state index in [1.807, 2.05) is 13.8 Å². The molecule has 0 saturated carbocycles. The number of carbonyl (C=O) groups is 1. The molecule has 45 heavy (non-hydrogen) atoms. The lowest BCUT2D eigenvalue weighted by atomic mass is 9.77. The van der Waals surface area contributed by atoms with Crippen LogP contribution in [-0.4, -0.2) is 85.4 Å². The van der Waals surface area contributed by atoms with Crippen molar-refractivity contribution in [2.45, 2.75) is 71.3 Å². The zero-order valence-corrected chi connectivity index (χ0v) is 28.2. The first kappa shape index (κ1) is 35.2. The summed E-state index contributed by atoms with van der Waals surface area (Å²) >= 11 is 0. The molecule has 1 fully saturated rings. The second kappa shape index (κ2) is 17.3. The van der Waals surface area contributed by atoms with E-state index in [1.165, 1.54) is 5.56 Å². The number of methoxy groups -OCH3 is 2.